The molecule has 1 aliphatic rings. The third kappa shape index (κ3) is 5.50. The average molecular weight is 418 g/mol. The Kier molecular flexibility index (Phi) is 6.80. The van der Waals surface area contributed by atoms with Crippen LogP contribution in [0.25, 0.3) is 0 Å². The van der Waals surface area contributed by atoms with E-state index in [1.54, 1.807) is 11.8 Å². The lowest BCUT2D eigenvalue weighted by atomic mass is 10.1. The van der Waals surface area contributed by atoms with Crippen LogP contribution in [0.4, 0.5) is 11.4 Å². The molecule has 0 unspecified atom stereocenters. The van der Waals surface area contributed by atoms with Gasteiger partial charge in [-0.25, -0.2) is 9.97 Å². The molecule has 30 heavy (non-hydrogen) atoms. The molecule has 0 aliphatic carbocycles. The molecule has 2 aromatic carbocycles. The van der Waals surface area contributed by atoms with Crippen molar-refractivity contribution < 1.29 is 4.74 Å². The van der Waals surface area contributed by atoms with Crippen LogP contribution in [0.3, 0.4) is 0 Å². The first kappa shape index (κ1) is 20.2. The third-order valence-electron chi connectivity index (χ3n) is 4.80. The first-order valence-electron chi connectivity index (χ1n) is 9.92. The SMILES string of the molecule is N#CCNc1ccc(Sc2ccnc(Cc3ccc(N4CCOCC4)cc3)n2)cc1. The van der Waals surface area contributed by atoms with Crippen molar-refractivity contribution in [2.75, 3.05) is 43.1 Å². The van der Waals surface area contributed by atoms with E-state index >= 15 is 0 Å². The van der Waals surface area contributed by atoms with Crippen LogP contribution in [0.15, 0.2) is 70.7 Å². The summed E-state index contributed by atoms with van der Waals surface area (Å²) in [7, 11) is 0. The van der Waals surface area contributed by atoms with E-state index in [9.17, 15) is 0 Å². The minimum Gasteiger partial charge on any atom is -0.378 e. The Labute approximate surface area is 180 Å². The molecular weight excluding hydrogens is 394 g/mol. The van der Waals surface area contributed by atoms with E-state index in [4.69, 9.17) is 15.0 Å². The predicted molar refractivity (Wildman–Crippen MR) is 119 cm³/mol. The van der Waals surface area contributed by atoms with Gasteiger partial charge < -0.3 is 15.0 Å². The topological polar surface area (TPSA) is 74.1 Å². The van der Waals surface area contributed by atoms with Crippen molar-refractivity contribution in [3.8, 4) is 6.07 Å². The lowest BCUT2D eigenvalue weighted by molar-refractivity contribution is 0.122. The van der Waals surface area contributed by atoms with Gasteiger partial charge in [0, 0.05) is 42.0 Å². The number of benzene rings is 2. The maximum Gasteiger partial charge on any atom is 0.133 e. The van der Waals surface area contributed by atoms with Gasteiger partial charge in [-0.1, -0.05) is 23.9 Å². The van der Waals surface area contributed by atoms with Crippen LogP contribution in [-0.2, 0) is 11.2 Å². The van der Waals surface area contributed by atoms with Crippen LogP contribution < -0.4 is 10.2 Å². The zero-order chi connectivity index (χ0) is 20.6. The number of nitrogens with one attached hydrogen (secondary N) is 1. The zero-order valence-corrected chi connectivity index (χ0v) is 17.4. The van der Waals surface area contributed by atoms with Crippen LogP contribution >= 0.6 is 11.8 Å². The summed E-state index contributed by atoms with van der Waals surface area (Å²) in [5.41, 5.74) is 3.37. The molecule has 4 rings (SSSR count). The van der Waals surface area contributed by atoms with Crippen molar-refractivity contribution in [1.29, 1.82) is 5.26 Å². The summed E-state index contributed by atoms with van der Waals surface area (Å²) < 4.78 is 5.42. The smallest absolute Gasteiger partial charge is 0.133 e. The molecule has 3 aromatic rings. The number of nitriles is 1. The molecule has 7 heteroatoms. The molecule has 0 amide bonds. The lowest BCUT2D eigenvalue weighted by Crippen LogP contribution is -2.36. The Balaban J connectivity index is 1.38. The van der Waals surface area contributed by atoms with Gasteiger partial charge in [0.1, 0.15) is 17.4 Å². The molecular formula is C23H23N5OS. The molecule has 152 valence electrons. The zero-order valence-electron chi connectivity index (χ0n) is 16.6. The molecule has 2 heterocycles. The van der Waals surface area contributed by atoms with E-state index in [0.717, 1.165) is 47.7 Å². The van der Waals surface area contributed by atoms with Gasteiger partial charge in [-0.15, -0.1) is 0 Å². The number of morpholine rings is 1. The summed E-state index contributed by atoms with van der Waals surface area (Å²) in [6.45, 7) is 3.77. The summed E-state index contributed by atoms with van der Waals surface area (Å²) in [5, 5.41) is 12.6. The Morgan fingerprint density at radius 2 is 1.80 bits per heavy atom. The van der Waals surface area contributed by atoms with E-state index < -0.39 is 0 Å². The maximum absolute atomic E-state index is 8.64. The molecule has 1 fully saturated rings. The second-order valence-corrected chi connectivity index (χ2v) is 7.99. The standard InChI is InChI=1S/C23H23N5OS/c24-10-12-25-19-3-7-21(8-4-19)30-23-9-11-26-22(27-23)17-18-1-5-20(6-2-18)28-13-15-29-16-14-28/h1-9,11,25H,12-17H2. The second kappa shape index (κ2) is 10.1. The number of hydrogen-bond acceptors (Lipinski definition) is 7. The van der Waals surface area contributed by atoms with Gasteiger partial charge in [-0.2, -0.15) is 5.26 Å². The fourth-order valence-corrected chi connectivity index (χ4v) is 4.05. The highest BCUT2D eigenvalue weighted by molar-refractivity contribution is 7.99. The second-order valence-electron chi connectivity index (χ2n) is 6.89. The normalized spacial score (nSPS) is 13.6. The van der Waals surface area contributed by atoms with E-state index in [-0.39, 0.29) is 0 Å². The molecule has 1 aliphatic heterocycles. The molecule has 0 saturated carbocycles. The highest BCUT2D eigenvalue weighted by Gasteiger charge is 2.11. The first-order chi connectivity index (χ1) is 14.8. The Morgan fingerprint density at radius 1 is 1.03 bits per heavy atom. The van der Waals surface area contributed by atoms with Gasteiger partial charge in [-0.05, 0) is 48.0 Å². The minimum atomic E-state index is 0.301. The van der Waals surface area contributed by atoms with Gasteiger partial charge >= 0.3 is 0 Å². The van der Waals surface area contributed by atoms with Crippen molar-refractivity contribution in [1.82, 2.24) is 9.97 Å². The highest BCUT2D eigenvalue weighted by atomic mass is 32.2. The summed E-state index contributed by atoms with van der Waals surface area (Å²) in [4.78, 5) is 12.6. The largest absolute Gasteiger partial charge is 0.378 e. The summed E-state index contributed by atoms with van der Waals surface area (Å²) in [6.07, 6.45) is 2.52. The Morgan fingerprint density at radius 3 is 2.53 bits per heavy atom. The minimum absolute atomic E-state index is 0.301. The molecule has 6 nitrogen and oxygen atoms in total. The van der Waals surface area contributed by atoms with E-state index in [1.165, 1.54) is 11.3 Å². The fourth-order valence-electron chi connectivity index (χ4n) is 3.25. The van der Waals surface area contributed by atoms with Gasteiger partial charge in [0.2, 0.25) is 0 Å². The molecule has 0 atom stereocenters. The molecule has 1 saturated heterocycles. The van der Waals surface area contributed by atoms with Crippen LogP contribution in [0, 0.1) is 11.3 Å². The summed E-state index contributed by atoms with van der Waals surface area (Å²) >= 11 is 1.60. The van der Waals surface area contributed by atoms with Crippen LogP contribution in [0.1, 0.15) is 11.4 Å². The molecule has 1 N–H and O–H groups in total. The van der Waals surface area contributed by atoms with Gasteiger partial charge in [-0.3, -0.25) is 0 Å². The van der Waals surface area contributed by atoms with E-state index in [0.29, 0.717) is 13.0 Å². The maximum atomic E-state index is 8.64. The summed E-state index contributed by atoms with van der Waals surface area (Å²) in [5.74, 6) is 0.812. The number of hydrogen-bond donors (Lipinski definition) is 1. The number of nitrogens with zero attached hydrogens (tertiary/aromatic N) is 4. The molecule has 0 bridgehead atoms. The van der Waals surface area contributed by atoms with Gasteiger partial charge in [0.15, 0.2) is 0 Å². The number of rotatable bonds is 7. The molecule has 1 aromatic heterocycles. The average Bonchev–Trinajstić information content (AvgIpc) is 2.80. The molecule has 0 radical (unpaired) electrons. The lowest BCUT2D eigenvalue weighted by Gasteiger charge is -2.28. The Hall–Kier alpha value is -3.08. The van der Waals surface area contributed by atoms with E-state index in [1.807, 2.05) is 36.5 Å². The quantitative estimate of drug-likeness (QED) is 0.460. The predicted octanol–water partition coefficient (Wildman–Crippen LogP) is 3.99. The van der Waals surface area contributed by atoms with Crippen molar-refractivity contribution in [2.45, 2.75) is 16.3 Å². The number of ether oxygens (including phenoxy) is 1. The van der Waals surface area contributed by atoms with Crippen molar-refractivity contribution in [2.24, 2.45) is 0 Å². The van der Waals surface area contributed by atoms with E-state index in [2.05, 4.69) is 45.5 Å². The van der Waals surface area contributed by atoms with Gasteiger partial charge in [0.25, 0.3) is 0 Å². The monoisotopic (exact) mass is 417 g/mol. The van der Waals surface area contributed by atoms with Gasteiger partial charge in [0.05, 0.1) is 19.3 Å². The summed E-state index contributed by atoms with van der Waals surface area (Å²) in [6, 6.07) is 20.6. The van der Waals surface area contributed by atoms with Crippen molar-refractivity contribution in [3.05, 3.63) is 72.2 Å². The van der Waals surface area contributed by atoms with Crippen LogP contribution in [0.2, 0.25) is 0 Å². The van der Waals surface area contributed by atoms with Crippen LogP contribution in [0.5, 0.6) is 0 Å². The highest BCUT2D eigenvalue weighted by Crippen LogP contribution is 2.27. The van der Waals surface area contributed by atoms with Crippen LogP contribution in [-0.4, -0.2) is 42.8 Å². The van der Waals surface area contributed by atoms with Crippen molar-refractivity contribution in [3.63, 3.8) is 0 Å². The Bertz CT molecular complexity index is 995. The molecule has 0 spiro atoms. The third-order valence-corrected chi connectivity index (χ3v) is 5.75. The first-order valence-corrected chi connectivity index (χ1v) is 10.7. The van der Waals surface area contributed by atoms with Crippen molar-refractivity contribution >= 4 is 23.1 Å². The fraction of sp³-hybridized carbons (Fsp3) is 0.261. The number of aromatic nitrogens is 2. The number of anilines is 2.